The Hall–Kier alpha value is -1.30. The van der Waals surface area contributed by atoms with Crippen molar-refractivity contribution in [2.75, 3.05) is 19.1 Å². The van der Waals surface area contributed by atoms with E-state index in [2.05, 4.69) is 5.32 Å². The van der Waals surface area contributed by atoms with Gasteiger partial charge in [-0.2, -0.15) is 0 Å². The maximum atomic E-state index is 11.9. The summed E-state index contributed by atoms with van der Waals surface area (Å²) in [5.41, 5.74) is -0.904. The molecule has 0 atom stereocenters. The first-order valence-electron chi connectivity index (χ1n) is 6.00. The van der Waals surface area contributed by atoms with E-state index in [1.807, 2.05) is 0 Å². The van der Waals surface area contributed by atoms with Crippen LogP contribution >= 0.6 is 11.6 Å². The fourth-order valence-corrected chi connectivity index (χ4v) is 1.17. The summed E-state index contributed by atoms with van der Waals surface area (Å²) in [6.07, 6.45) is 0. The molecule has 19 heavy (non-hydrogen) atoms. The normalized spacial score (nSPS) is 11.1. The molecule has 6 nitrogen and oxygen atoms in total. The van der Waals surface area contributed by atoms with E-state index in [0.29, 0.717) is 0 Å². The Morgan fingerprint density at radius 1 is 1.11 bits per heavy atom. The fraction of sp³-hybridized carbons (Fsp3) is 0.750. The molecule has 0 aliphatic rings. The van der Waals surface area contributed by atoms with Gasteiger partial charge in [0, 0.05) is 5.88 Å². The second-order valence-electron chi connectivity index (χ2n) is 4.43. The van der Waals surface area contributed by atoms with Crippen molar-refractivity contribution in [1.82, 2.24) is 5.32 Å². The molecule has 110 valence electrons. The lowest BCUT2D eigenvalue weighted by molar-refractivity contribution is -0.160. The third kappa shape index (κ3) is 5.46. The van der Waals surface area contributed by atoms with Gasteiger partial charge in [0.25, 0.3) is 0 Å². The lowest BCUT2D eigenvalue weighted by atomic mass is 9.95. The van der Waals surface area contributed by atoms with Gasteiger partial charge in [-0.15, -0.1) is 11.6 Å². The molecule has 0 aromatic rings. The molecule has 0 aromatic carbocycles. The molecule has 7 heteroatoms. The van der Waals surface area contributed by atoms with Gasteiger partial charge in [-0.25, -0.2) is 9.59 Å². The van der Waals surface area contributed by atoms with Gasteiger partial charge < -0.3 is 14.8 Å². The highest BCUT2D eigenvalue weighted by atomic mass is 35.5. The highest BCUT2D eigenvalue weighted by Gasteiger charge is 2.36. The molecule has 0 aliphatic carbocycles. The van der Waals surface area contributed by atoms with Crippen LogP contribution < -0.4 is 5.32 Å². The van der Waals surface area contributed by atoms with E-state index in [-0.39, 0.29) is 19.1 Å². The molecule has 0 bridgehead atoms. The highest BCUT2D eigenvalue weighted by molar-refractivity contribution is 6.20. The average Bonchev–Trinajstić information content (AvgIpc) is 2.35. The number of nitrogens with one attached hydrogen (secondary N) is 1. The SMILES string of the molecule is CCOC(=O)C(NC(=O)C(C)(C)CCl)C(=O)OCC. The summed E-state index contributed by atoms with van der Waals surface area (Å²) in [4.78, 5) is 35.2. The lowest BCUT2D eigenvalue weighted by Gasteiger charge is -2.23. The predicted molar refractivity (Wildman–Crippen MR) is 69.7 cm³/mol. The molecule has 0 aliphatic heterocycles. The number of hydrogen-bond acceptors (Lipinski definition) is 5. The molecule has 0 saturated carbocycles. The van der Waals surface area contributed by atoms with Crippen LogP contribution in [0.1, 0.15) is 27.7 Å². The van der Waals surface area contributed by atoms with Crippen LogP contribution in [0.2, 0.25) is 0 Å². The smallest absolute Gasteiger partial charge is 0.340 e. The van der Waals surface area contributed by atoms with E-state index in [1.54, 1.807) is 27.7 Å². The third-order valence-corrected chi connectivity index (χ3v) is 2.94. The Bertz CT molecular complexity index is 325. The second kappa shape index (κ2) is 7.99. The zero-order valence-electron chi connectivity index (χ0n) is 11.6. The molecule has 0 spiro atoms. The maximum Gasteiger partial charge on any atom is 0.340 e. The van der Waals surface area contributed by atoms with Crippen molar-refractivity contribution in [3.63, 3.8) is 0 Å². The first kappa shape index (κ1) is 17.7. The summed E-state index contributed by atoms with van der Waals surface area (Å²) in [7, 11) is 0. The average molecular weight is 294 g/mol. The summed E-state index contributed by atoms with van der Waals surface area (Å²) < 4.78 is 9.46. The third-order valence-electron chi connectivity index (χ3n) is 2.27. The summed E-state index contributed by atoms with van der Waals surface area (Å²) >= 11 is 5.66. The number of carbonyl (C=O) groups excluding carboxylic acids is 3. The minimum atomic E-state index is -1.46. The van der Waals surface area contributed by atoms with Crippen LogP contribution in [0, 0.1) is 5.41 Å². The molecule has 0 fully saturated rings. The Morgan fingerprint density at radius 2 is 1.53 bits per heavy atom. The Labute approximate surface area is 117 Å². The van der Waals surface area contributed by atoms with E-state index in [1.165, 1.54) is 0 Å². The molecule has 0 rings (SSSR count). The topological polar surface area (TPSA) is 81.7 Å². The Balaban J connectivity index is 4.91. The summed E-state index contributed by atoms with van der Waals surface area (Å²) in [5, 5.41) is 2.30. The van der Waals surface area contributed by atoms with Crippen LogP contribution in [0.5, 0.6) is 0 Å². The quantitative estimate of drug-likeness (QED) is 0.428. The van der Waals surface area contributed by atoms with E-state index in [9.17, 15) is 14.4 Å². The number of carbonyl (C=O) groups is 3. The zero-order valence-corrected chi connectivity index (χ0v) is 12.4. The molecule has 0 heterocycles. The minimum Gasteiger partial charge on any atom is -0.464 e. The summed E-state index contributed by atoms with van der Waals surface area (Å²) in [6.45, 7) is 6.60. The zero-order chi connectivity index (χ0) is 15.1. The predicted octanol–water partition coefficient (Wildman–Crippen LogP) is 0.862. The Kier molecular flexibility index (Phi) is 7.44. The molecule has 1 amide bonds. The van der Waals surface area contributed by atoms with Crippen molar-refractivity contribution >= 4 is 29.4 Å². The van der Waals surface area contributed by atoms with Crippen LogP contribution in [-0.4, -0.2) is 43.0 Å². The number of esters is 2. The monoisotopic (exact) mass is 293 g/mol. The number of rotatable bonds is 7. The highest BCUT2D eigenvalue weighted by Crippen LogP contribution is 2.17. The van der Waals surface area contributed by atoms with Gasteiger partial charge in [-0.3, -0.25) is 4.79 Å². The molecule has 0 radical (unpaired) electrons. The number of hydrogen-bond donors (Lipinski definition) is 1. The van der Waals surface area contributed by atoms with E-state index in [4.69, 9.17) is 21.1 Å². The molecule has 0 unspecified atom stereocenters. The van der Waals surface area contributed by atoms with Gasteiger partial charge in [-0.1, -0.05) is 0 Å². The molecular weight excluding hydrogens is 274 g/mol. The van der Waals surface area contributed by atoms with Gasteiger partial charge in [0.1, 0.15) is 0 Å². The lowest BCUT2D eigenvalue weighted by Crippen LogP contribution is -2.52. The molecular formula is C12H20ClNO5. The van der Waals surface area contributed by atoms with Crippen molar-refractivity contribution in [1.29, 1.82) is 0 Å². The summed E-state index contributed by atoms with van der Waals surface area (Å²) in [6, 6.07) is -1.46. The van der Waals surface area contributed by atoms with Crippen molar-refractivity contribution in [3.8, 4) is 0 Å². The standard InChI is InChI=1S/C12H20ClNO5/c1-5-18-9(15)8(10(16)19-6-2)14-11(17)12(3,4)7-13/h8H,5-7H2,1-4H3,(H,14,17). The molecule has 0 saturated heterocycles. The van der Waals surface area contributed by atoms with Gasteiger partial charge in [0.05, 0.1) is 18.6 Å². The van der Waals surface area contributed by atoms with Crippen molar-refractivity contribution < 1.29 is 23.9 Å². The van der Waals surface area contributed by atoms with Crippen molar-refractivity contribution in [2.45, 2.75) is 33.7 Å². The van der Waals surface area contributed by atoms with Crippen LogP contribution in [-0.2, 0) is 23.9 Å². The van der Waals surface area contributed by atoms with E-state index in [0.717, 1.165) is 0 Å². The van der Waals surface area contributed by atoms with E-state index >= 15 is 0 Å². The number of ether oxygens (including phenoxy) is 2. The van der Waals surface area contributed by atoms with Gasteiger partial charge >= 0.3 is 11.9 Å². The molecule has 1 N–H and O–H groups in total. The first-order valence-corrected chi connectivity index (χ1v) is 6.53. The van der Waals surface area contributed by atoms with E-state index < -0.39 is 29.3 Å². The molecule has 0 aromatic heterocycles. The Morgan fingerprint density at radius 3 is 1.84 bits per heavy atom. The van der Waals surface area contributed by atoms with Crippen molar-refractivity contribution in [3.05, 3.63) is 0 Å². The number of amides is 1. The van der Waals surface area contributed by atoms with Crippen LogP contribution in [0.25, 0.3) is 0 Å². The van der Waals surface area contributed by atoms with Gasteiger partial charge in [0.2, 0.25) is 11.9 Å². The minimum absolute atomic E-state index is 0.0528. The van der Waals surface area contributed by atoms with Crippen LogP contribution in [0.3, 0.4) is 0 Å². The largest absolute Gasteiger partial charge is 0.464 e. The number of halogens is 1. The summed E-state index contributed by atoms with van der Waals surface area (Å²) in [5.74, 6) is -2.16. The van der Waals surface area contributed by atoms with Crippen molar-refractivity contribution in [2.24, 2.45) is 5.41 Å². The van der Waals surface area contributed by atoms with Crippen LogP contribution in [0.4, 0.5) is 0 Å². The first-order chi connectivity index (χ1) is 8.80. The fourth-order valence-electron chi connectivity index (χ4n) is 1.05. The second-order valence-corrected chi connectivity index (χ2v) is 4.70. The van der Waals surface area contributed by atoms with Gasteiger partial charge in [0.15, 0.2) is 0 Å². The number of alkyl halides is 1. The van der Waals surface area contributed by atoms with Crippen LogP contribution in [0.15, 0.2) is 0 Å². The maximum absolute atomic E-state index is 11.9. The van der Waals surface area contributed by atoms with Gasteiger partial charge in [-0.05, 0) is 27.7 Å².